The average Bonchev–Trinajstić information content (AvgIpc) is 3.07. The van der Waals surface area contributed by atoms with Crippen molar-refractivity contribution in [2.75, 3.05) is 14.2 Å². The molecule has 130 valence electrons. The molecular weight excluding hydrogens is 313 g/mol. The zero-order valence-electron chi connectivity index (χ0n) is 14.1. The molecule has 0 saturated carbocycles. The maximum atomic E-state index is 14.2. The van der Waals surface area contributed by atoms with Gasteiger partial charge in [0, 0.05) is 37.0 Å². The number of aryl methyl sites for hydroxylation is 1. The predicted octanol–water partition coefficient (Wildman–Crippen LogP) is 2.70. The normalized spacial score (nSPS) is 11.8. The fraction of sp³-hybridized carbons (Fsp3) is 0.412. The largest absolute Gasteiger partial charge is 0.493 e. The van der Waals surface area contributed by atoms with Gasteiger partial charge in [0.1, 0.15) is 5.82 Å². The van der Waals surface area contributed by atoms with Crippen LogP contribution in [0.3, 0.4) is 0 Å². The Labute approximate surface area is 140 Å². The molecule has 6 nitrogen and oxygen atoms in total. The van der Waals surface area contributed by atoms with Crippen molar-refractivity contribution in [3.8, 4) is 11.5 Å². The molecule has 0 bridgehead atoms. The van der Waals surface area contributed by atoms with Gasteiger partial charge in [0.25, 0.3) is 0 Å². The molecule has 2 rings (SSSR count). The molecule has 1 aromatic heterocycles. The minimum absolute atomic E-state index is 0.135. The number of rotatable bonds is 8. The molecule has 0 saturated heterocycles. The third-order valence-corrected chi connectivity index (χ3v) is 3.70. The summed E-state index contributed by atoms with van der Waals surface area (Å²) in [4.78, 5) is 12.0. The highest BCUT2D eigenvalue weighted by Crippen LogP contribution is 2.32. The van der Waals surface area contributed by atoms with Crippen LogP contribution in [0.15, 0.2) is 30.6 Å². The number of methoxy groups -OCH3 is 2. The van der Waals surface area contributed by atoms with E-state index in [1.165, 1.54) is 20.3 Å². The van der Waals surface area contributed by atoms with Crippen LogP contribution < -0.4 is 14.8 Å². The highest BCUT2D eigenvalue weighted by atomic mass is 19.1. The molecule has 0 fully saturated rings. The van der Waals surface area contributed by atoms with E-state index in [4.69, 9.17) is 9.47 Å². The molecule has 0 radical (unpaired) electrons. The molecule has 1 heterocycles. The lowest BCUT2D eigenvalue weighted by molar-refractivity contribution is -0.121. The second kappa shape index (κ2) is 8.33. The first-order valence-corrected chi connectivity index (χ1v) is 7.73. The number of amides is 1. The zero-order valence-corrected chi connectivity index (χ0v) is 14.1. The van der Waals surface area contributed by atoms with E-state index in [9.17, 15) is 9.18 Å². The number of nitrogens with zero attached hydrogens (tertiary/aromatic N) is 2. The molecule has 0 spiro atoms. The molecule has 0 aliphatic rings. The van der Waals surface area contributed by atoms with Gasteiger partial charge >= 0.3 is 0 Å². The third-order valence-electron chi connectivity index (χ3n) is 3.70. The number of hydrogen-bond acceptors (Lipinski definition) is 4. The molecule has 0 aliphatic carbocycles. The van der Waals surface area contributed by atoms with Crippen molar-refractivity contribution in [2.45, 2.75) is 32.4 Å². The maximum absolute atomic E-state index is 14.2. The summed E-state index contributed by atoms with van der Waals surface area (Å²) in [7, 11) is 2.93. The maximum Gasteiger partial charge on any atom is 0.220 e. The van der Waals surface area contributed by atoms with Crippen LogP contribution in [0.2, 0.25) is 0 Å². The summed E-state index contributed by atoms with van der Waals surface area (Å²) >= 11 is 0. The number of halogens is 1. The quantitative estimate of drug-likeness (QED) is 0.805. The van der Waals surface area contributed by atoms with Crippen LogP contribution in [-0.2, 0) is 11.3 Å². The van der Waals surface area contributed by atoms with E-state index >= 15 is 0 Å². The first-order valence-electron chi connectivity index (χ1n) is 7.73. The summed E-state index contributed by atoms with van der Waals surface area (Å²) in [6.45, 7) is 2.40. The van der Waals surface area contributed by atoms with E-state index in [1.807, 2.05) is 12.3 Å². The third kappa shape index (κ3) is 4.47. The Kier molecular flexibility index (Phi) is 6.17. The molecule has 0 aliphatic heterocycles. The number of ether oxygens (including phenoxy) is 2. The van der Waals surface area contributed by atoms with E-state index in [0.29, 0.717) is 36.4 Å². The van der Waals surface area contributed by atoms with Crippen molar-refractivity contribution in [3.63, 3.8) is 0 Å². The molecule has 7 heteroatoms. The van der Waals surface area contributed by atoms with Crippen LogP contribution >= 0.6 is 0 Å². The highest BCUT2D eigenvalue weighted by Gasteiger charge is 2.17. The molecule has 1 atom stereocenters. The number of aromatic nitrogens is 2. The summed E-state index contributed by atoms with van der Waals surface area (Å²) in [5.74, 6) is 0.158. The van der Waals surface area contributed by atoms with E-state index in [1.54, 1.807) is 23.9 Å². The predicted molar refractivity (Wildman–Crippen MR) is 87.5 cm³/mol. The number of hydrogen-bond donors (Lipinski definition) is 1. The van der Waals surface area contributed by atoms with Gasteiger partial charge < -0.3 is 14.8 Å². The summed E-state index contributed by atoms with van der Waals surface area (Å²) in [6.07, 6.45) is 4.55. The van der Waals surface area contributed by atoms with Gasteiger partial charge in [-0.05, 0) is 25.5 Å². The van der Waals surface area contributed by atoms with Gasteiger partial charge in [-0.2, -0.15) is 5.10 Å². The zero-order chi connectivity index (χ0) is 17.5. The van der Waals surface area contributed by atoms with E-state index in [-0.39, 0.29) is 5.91 Å². The minimum atomic E-state index is -0.470. The Morgan fingerprint density at radius 1 is 1.33 bits per heavy atom. The summed E-state index contributed by atoms with van der Waals surface area (Å²) in [6, 6.07) is 4.17. The Balaban J connectivity index is 1.93. The van der Waals surface area contributed by atoms with Crippen molar-refractivity contribution in [3.05, 3.63) is 42.0 Å². The van der Waals surface area contributed by atoms with Crippen LogP contribution in [0.5, 0.6) is 11.5 Å². The van der Waals surface area contributed by atoms with Crippen LogP contribution in [0.25, 0.3) is 0 Å². The van der Waals surface area contributed by atoms with Crippen molar-refractivity contribution < 1.29 is 18.7 Å². The molecule has 2 aromatic rings. The summed E-state index contributed by atoms with van der Waals surface area (Å²) < 4.78 is 26.2. The standard InChI is InChI=1S/C17H22FN3O3/c1-12(13-10-15(23-2)16(24-3)11-14(13)18)20-17(22)6-4-8-21-9-5-7-19-21/h5,7,9-12H,4,6,8H2,1-3H3,(H,20,22). The lowest BCUT2D eigenvalue weighted by Crippen LogP contribution is -2.27. The van der Waals surface area contributed by atoms with Gasteiger partial charge in [-0.3, -0.25) is 9.48 Å². The molecule has 24 heavy (non-hydrogen) atoms. The second-order valence-electron chi connectivity index (χ2n) is 5.39. The number of carbonyl (C=O) groups is 1. The van der Waals surface area contributed by atoms with E-state index in [0.717, 1.165) is 0 Å². The van der Waals surface area contributed by atoms with Crippen LogP contribution in [0.4, 0.5) is 4.39 Å². The number of benzene rings is 1. The Morgan fingerprint density at radius 2 is 2.04 bits per heavy atom. The fourth-order valence-corrected chi connectivity index (χ4v) is 2.43. The van der Waals surface area contributed by atoms with Gasteiger partial charge in [-0.25, -0.2) is 4.39 Å². The number of nitrogens with one attached hydrogen (secondary N) is 1. The Morgan fingerprint density at radius 3 is 2.67 bits per heavy atom. The first-order chi connectivity index (χ1) is 11.5. The molecule has 1 unspecified atom stereocenters. The van der Waals surface area contributed by atoms with E-state index in [2.05, 4.69) is 10.4 Å². The van der Waals surface area contributed by atoms with Gasteiger partial charge in [0.2, 0.25) is 5.91 Å². The molecule has 1 aromatic carbocycles. The minimum Gasteiger partial charge on any atom is -0.493 e. The van der Waals surface area contributed by atoms with Crippen LogP contribution in [0.1, 0.15) is 31.4 Å². The smallest absolute Gasteiger partial charge is 0.220 e. The second-order valence-corrected chi connectivity index (χ2v) is 5.39. The summed E-state index contributed by atoms with van der Waals surface area (Å²) in [5, 5.41) is 6.88. The number of carbonyl (C=O) groups excluding carboxylic acids is 1. The monoisotopic (exact) mass is 335 g/mol. The fourth-order valence-electron chi connectivity index (χ4n) is 2.43. The molecular formula is C17H22FN3O3. The van der Waals surface area contributed by atoms with Crippen molar-refractivity contribution in [2.24, 2.45) is 0 Å². The van der Waals surface area contributed by atoms with Crippen LogP contribution in [0, 0.1) is 5.82 Å². The van der Waals surface area contributed by atoms with Crippen molar-refractivity contribution in [1.29, 1.82) is 0 Å². The SMILES string of the molecule is COc1cc(F)c(C(C)NC(=O)CCCn2cccn2)cc1OC. The molecule has 1 amide bonds. The lowest BCUT2D eigenvalue weighted by atomic mass is 10.1. The van der Waals surface area contributed by atoms with Crippen molar-refractivity contribution >= 4 is 5.91 Å². The van der Waals surface area contributed by atoms with Gasteiger partial charge in [0.05, 0.1) is 20.3 Å². The lowest BCUT2D eigenvalue weighted by Gasteiger charge is -2.17. The highest BCUT2D eigenvalue weighted by molar-refractivity contribution is 5.76. The topological polar surface area (TPSA) is 65.4 Å². The molecule has 1 N–H and O–H groups in total. The van der Waals surface area contributed by atoms with Gasteiger partial charge in [0.15, 0.2) is 11.5 Å². The van der Waals surface area contributed by atoms with Crippen molar-refractivity contribution in [1.82, 2.24) is 15.1 Å². The van der Waals surface area contributed by atoms with Crippen LogP contribution in [-0.4, -0.2) is 29.9 Å². The van der Waals surface area contributed by atoms with Gasteiger partial charge in [-0.15, -0.1) is 0 Å². The van der Waals surface area contributed by atoms with Gasteiger partial charge in [-0.1, -0.05) is 0 Å². The Hall–Kier alpha value is -2.57. The Bertz CT molecular complexity index is 674. The summed E-state index contributed by atoms with van der Waals surface area (Å²) in [5.41, 5.74) is 0.355. The average molecular weight is 335 g/mol. The van der Waals surface area contributed by atoms with E-state index < -0.39 is 11.9 Å². The first kappa shape index (κ1) is 17.8.